The smallest absolute Gasteiger partial charge is 0.182 e. The van der Waals surface area contributed by atoms with E-state index in [1.165, 1.54) is 17.4 Å². The van der Waals surface area contributed by atoms with Crippen LogP contribution in [0.2, 0.25) is 0 Å². The van der Waals surface area contributed by atoms with Crippen molar-refractivity contribution in [1.29, 1.82) is 0 Å². The van der Waals surface area contributed by atoms with Gasteiger partial charge in [-0.2, -0.15) is 22.8 Å². The van der Waals surface area contributed by atoms with Crippen LogP contribution >= 0.6 is 11.3 Å². The number of fused-ring (bicyclic) bond motifs is 1. The Morgan fingerprint density at radius 2 is 1.78 bits per heavy atom. The average molecular weight is 386 g/mol. The summed E-state index contributed by atoms with van der Waals surface area (Å²) in [7, 11) is 0. The largest absolute Gasteiger partial charge is 0.416 e. The molecule has 0 spiro atoms. The summed E-state index contributed by atoms with van der Waals surface area (Å²) in [4.78, 5) is 0.620. The molecule has 4 aromatic rings. The van der Waals surface area contributed by atoms with Crippen LogP contribution in [-0.4, -0.2) is 19.8 Å². The van der Waals surface area contributed by atoms with Crippen LogP contribution in [0.5, 0.6) is 0 Å². The Morgan fingerprint density at radius 3 is 2.52 bits per heavy atom. The van der Waals surface area contributed by atoms with E-state index in [1.807, 2.05) is 31.2 Å². The summed E-state index contributed by atoms with van der Waals surface area (Å²) in [6, 6.07) is 13.0. The highest BCUT2D eigenvalue weighted by atomic mass is 32.1. The number of nitrogens with zero attached hydrogens (tertiary/aromatic N) is 4. The Balaban J connectivity index is 1.64. The molecule has 8 heteroatoms. The second kappa shape index (κ2) is 6.62. The molecular formula is C19H13F3N4S. The fourth-order valence-electron chi connectivity index (χ4n) is 2.57. The molecule has 0 saturated carbocycles. The molecule has 0 atom stereocenters. The van der Waals surface area contributed by atoms with Crippen LogP contribution in [0, 0.1) is 6.92 Å². The molecule has 136 valence electrons. The molecule has 2 aromatic heterocycles. The van der Waals surface area contributed by atoms with Crippen molar-refractivity contribution in [3.05, 3.63) is 70.2 Å². The van der Waals surface area contributed by atoms with E-state index >= 15 is 0 Å². The monoisotopic (exact) mass is 386 g/mol. The van der Waals surface area contributed by atoms with E-state index in [9.17, 15) is 13.2 Å². The maximum absolute atomic E-state index is 12.8. The van der Waals surface area contributed by atoms with Gasteiger partial charge in [-0.3, -0.25) is 0 Å². The first-order valence-electron chi connectivity index (χ1n) is 8.05. The van der Waals surface area contributed by atoms with Crippen LogP contribution < -0.4 is 0 Å². The fourth-order valence-corrected chi connectivity index (χ4v) is 3.31. The molecule has 4 nitrogen and oxygen atoms in total. The van der Waals surface area contributed by atoms with Crippen molar-refractivity contribution in [3.8, 4) is 11.4 Å². The molecule has 0 saturated heterocycles. The minimum Gasteiger partial charge on any atom is -0.182 e. The van der Waals surface area contributed by atoms with Gasteiger partial charge in [0.1, 0.15) is 5.01 Å². The molecule has 0 amide bonds. The molecule has 2 heterocycles. The first kappa shape index (κ1) is 17.4. The Kier molecular flexibility index (Phi) is 4.27. The van der Waals surface area contributed by atoms with Gasteiger partial charge in [0.05, 0.1) is 5.56 Å². The number of benzene rings is 2. The van der Waals surface area contributed by atoms with Gasteiger partial charge >= 0.3 is 6.18 Å². The second-order valence-electron chi connectivity index (χ2n) is 5.98. The topological polar surface area (TPSA) is 43.1 Å². The van der Waals surface area contributed by atoms with Gasteiger partial charge in [-0.1, -0.05) is 59.4 Å². The van der Waals surface area contributed by atoms with Crippen LogP contribution in [0.4, 0.5) is 13.2 Å². The molecule has 0 fully saturated rings. The van der Waals surface area contributed by atoms with Gasteiger partial charge in [-0.05, 0) is 30.7 Å². The van der Waals surface area contributed by atoms with E-state index in [0.29, 0.717) is 21.4 Å². The third-order valence-electron chi connectivity index (χ3n) is 3.95. The molecule has 2 aromatic carbocycles. The maximum atomic E-state index is 12.8. The molecule has 0 aliphatic heterocycles. The number of aromatic nitrogens is 4. The third-order valence-corrected chi connectivity index (χ3v) is 4.81. The summed E-state index contributed by atoms with van der Waals surface area (Å²) >= 11 is 1.31. The lowest BCUT2D eigenvalue weighted by atomic mass is 10.1. The SMILES string of the molecule is Cc1ccc(-c2nnc3sc(C=Cc4cccc(C(F)(F)F)c4)nn23)cc1. The van der Waals surface area contributed by atoms with Crippen molar-refractivity contribution in [2.45, 2.75) is 13.1 Å². The number of alkyl halides is 3. The average Bonchev–Trinajstić information content (AvgIpc) is 3.21. The van der Waals surface area contributed by atoms with Gasteiger partial charge in [0, 0.05) is 5.56 Å². The Morgan fingerprint density at radius 1 is 1.00 bits per heavy atom. The molecule has 0 aliphatic rings. The molecule has 0 bridgehead atoms. The molecule has 27 heavy (non-hydrogen) atoms. The number of hydrogen-bond acceptors (Lipinski definition) is 4. The van der Waals surface area contributed by atoms with E-state index in [0.717, 1.165) is 23.3 Å². The van der Waals surface area contributed by atoms with Gasteiger partial charge in [0.25, 0.3) is 0 Å². The lowest BCUT2D eigenvalue weighted by Crippen LogP contribution is -2.04. The van der Waals surface area contributed by atoms with Crippen molar-refractivity contribution in [2.24, 2.45) is 0 Å². The Labute approximate surface area is 156 Å². The summed E-state index contributed by atoms with van der Waals surface area (Å²) in [6.07, 6.45) is -1.08. The highest BCUT2D eigenvalue weighted by molar-refractivity contribution is 7.17. The predicted octanol–water partition coefficient (Wildman–Crippen LogP) is 5.35. The lowest BCUT2D eigenvalue weighted by Gasteiger charge is -2.06. The van der Waals surface area contributed by atoms with Crippen molar-refractivity contribution < 1.29 is 13.2 Å². The Hall–Kier alpha value is -3.00. The van der Waals surface area contributed by atoms with Crippen molar-refractivity contribution in [3.63, 3.8) is 0 Å². The van der Waals surface area contributed by atoms with E-state index in [4.69, 9.17) is 0 Å². The van der Waals surface area contributed by atoms with Crippen molar-refractivity contribution in [2.75, 3.05) is 0 Å². The summed E-state index contributed by atoms with van der Waals surface area (Å²) < 4.78 is 40.1. The first-order chi connectivity index (χ1) is 12.9. The van der Waals surface area contributed by atoms with Crippen LogP contribution in [0.1, 0.15) is 21.7 Å². The summed E-state index contributed by atoms with van der Waals surface area (Å²) in [5.74, 6) is 0.625. The van der Waals surface area contributed by atoms with Gasteiger partial charge < -0.3 is 0 Å². The second-order valence-corrected chi connectivity index (χ2v) is 6.97. The van der Waals surface area contributed by atoms with Crippen LogP contribution in [-0.2, 0) is 6.18 Å². The van der Waals surface area contributed by atoms with Gasteiger partial charge in [0.2, 0.25) is 4.96 Å². The zero-order valence-corrected chi connectivity index (χ0v) is 14.9. The maximum Gasteiger partial charge on any atom is 0.416 e. The van der Waals surface area contributed by atoms with Crippen LogP contribution in [0.3, 0.4) is 0 Å². The zero-order valence-electron chi connectivity index (χ0n) is 14.1. The number of rotatable bonds is 3. The van der Waals surface area contributed by atoms with E-state index in [1.54, 1.807) is 22.7 Å². The number of hydrogen-bond donors (Lipinski definition) is 0. The zero-order chi connectivity index (χ0) is 19.0. The quantitative estimate of drug-likeness (QED) is 0.477. The summed E-state index contributed by atoms with van der Waals surface area (Å²) in [6.45, 7) is 2.00. The standard InChI is InChI=1S/C19H13F3N4S/c1-12-5-8-14(9-6-12)17-23-24-18-26(17)25-16(27-18)10-7-13-3-2-4-15(11-13)19(20,21)22/h2-11H,1H3. The lowest BCUT2D eigenvalue weighted by molar-refractivity contribution is -0.137. The molecule has 0 unspecified atom stereocenters. The van der Waals surface area contributed by atoms with Crippen LogP contribution in [0.15, 0.2) is 48.5 Å². The van der Waals surface area contributed by atoms with Gasteiger partial charge in [-0.25, -0.2) is 0 Å². The van der Waals surface area contributed by atoms with E-state index in [2.05, 4.69) is 15.3 Å². The normalized spacial score (nSPS) is 12.3. The molecule has 4 rings (SSSR count). The van der Waals surface area contributed by atoms with Gasteiger partial charge in [-0.15, -0.1) is 10.2 Å². The van der Waals surface area contributed by atoms with E-state index in [-0.39, 0.29) is 0 Å². The number of aryl methyl sites for hydroxylation is 1. The summed E-state index contributed by atoms with van der Waals surface area (Å²) in [5, 5.41) is 13.4. The Bertz CT molecular complexity index is 1120. The summed E-state index contributed by atoms with van der Waals surface area (Å²) in [5.41, 5.74) is 1.81. The first-order valence-corrected chi connectivity index (χ1v) is 8.86. The van der Waals surface area contributed by atoms with Crippen molar-refractivity contribution in [1.82, 2.24) is 19.8 Å². The molecular weight excluding hydrogens is 373 g/mol. The highest BCUT2D eigenvalue weighted by Gasteiger charge is 2.30. The molecule has 0 N–H and O–H groups in total. The van der Waals surface area contributed by atoms with Gasteiger partial charge in [0.15, 0.2) is 5.82 Å². The molecule has 0 aliphatic carbocycles. The minimum absolute atomic E-state index is 0.453. The highest BCUT2D eigenvalue weighted by Crippen LogP contribution is 2.30. The van der Waals surface area contributed by atoms with Crippen LogP contribution in [0.25, 0.3) is 28.5 Å². The van der Waals surface area contributed by atoms with E-state index < -0.39 is 11.7 Å². The third kappa shape index (κ3) is 3.61. The fraction of sp³-hybridized carbons (Fsp3) is 0.105. The minimum atomic E-state index is -4.36. The number of halogens is 3. The van der Waals surface area contributed by atoms with Crippen molar-refractivity contribution >= 4 is 28.4 Å². The predicted molar refractivity (Wildman–Crippen MR) is 99.2 cm³/mol. The molecule has 0 radical (unpaired) electrons.